The summed E-state index contributed by atoms with van der Waals surface area (Å²) in [5.41, 5.74) is 5.75. The van der Waals surface area contributed by atoms with Gasteiger partial charge in [-0.25, -0.2) is 0 Å². The van der Waals surface area contributed by atoms with Crippen LogP contribution in [-0.4, -0.2) is 25.3 Å². The van der Waals surface area contributed by atoms with E-state index in [-0.39, 0.29) is 0 Å². The fourth-order valence-corrected chi connectivity index (χ4v) is 2.59. The summed E-state index contributed by atoms with van der Waals surface area (Å²) in [4.78, 5) is 1.35. The summed E-state index contributed by atoms with van der Waals surface area (Å²) >= 11 is 1.77. The largest absolute Gasteiger partial charge is 0.377 e. The third kappa shape index (κ3) is 3.01. The average molecular weight is 226 g/mol. The Labute approximate surface area is 94.6 Å². The molecule has 1 aromatic rings. The highest BCUT2D eigenvalue weighted by Crippen LogP contribution is 2.16. The maximum Gasteiger partial charge on any atom is 0.0741 e. The van der Waals surface area contributed by atoms with Crippen molar-refractivity contribution in [3.05, 3.63) is 22.4 Å². The lowest BCUT2D eigenvalue weighted by Crippen LogP contribution is -2.44. The number of ether oxygens (including phenoxy) is 1. The SMILES string of the molecule is NCC(NCc1cccs1)C1CCCO1. The number of thiophene rings is 1. The van der Waals surface area contributed by atoms with E-state index >= 15 is 0 Å². The van der Waals surface area contributed by atoms with Crippen LogP contribution in [0.25, 0.3) is 0 Å². The Balaban J connectivity index is 1.80. The molecule has 0 bridgehead atoms. The lowest BCUT2D eigenvalue weighted by atomic mass is 10.1. The fraction of sp³-hybridized carbons (Fsp3) is 0.636. The normalized spacial score (nSPS) is 23.1. The van der Waals surface area contributed by atoms with Crippen LogP contribution in [0.2, 0.25) is 0 Å². The van der Waals surface area contributed by atoms with E-state index in [4.69, 9.17) is 10.5 Å². The number of hydrogen-bond acceptors (Lipinski definition) is 4. The Morgan fingerprint density at radius 2 is 2.60 bits per heavy atom. The van der Waals surface area contributed by atoms with E-state index in [0.717, 1.165) is 19.6 Å². The molecule has 84 valence electrons. The second-order valence-corrected chi connectivity index (χ2v) is 4.89. The molecule has 3 nitrogen and oxygen atoms in total. The summed E-state index contributed by atoms with van der Waals surface area (Å²) in [6, 6.07) is 4.51. The Bertz CT molecular complexity index is 270. The highest BCUT2D eigenvalue weighted by Gasteiger charge is 2.24. The van der Waals surface area contributed by atoms with Crippen LogP contribution in [0.4, 0.5) is 0 Å². The molecule has 1 aromatic heterocycles. The zero-order valence-electron chi connectivity index (χ0n) is 8.82. The number of hydrogen-bond donors (Lipinski definition) is 2. The van der Waals surface area contributed by atoms with E-state index in [9.17, 15) is 0 Å². The minimum atomic E-state index is 0.301. The predicted octanol–water partition coefficient (Wildman–Crippen LogP) is 1.34. The van der Waals surface area contributed by atoms with Gasteiger partial charge in [0.1, 0.15) is 0 Å². The maximum atomic E-state index is 5.75. The van der Waals surface area contributed by atoms with E-state index in [1.807, 2.05) is 0 Å². The van der Waals surface area contributed by atoms with Crippen molar-refractivity contribution in [2.75, 3.05) is 13.2 Å². The molecule has 0 aliphatic carbocycles. The molecule has 1 aliphatic heterocycles. The Hall–Kier alpha value is -0.420. The summed E-state index contributed by atoms with van der Waals surface area (Å²) in [5.74, 6) is 0. The van der Waals surface area contributed by atoms with Gasteiger partial charge >= 0.3 is 0 Å². The molecule has 1 saturated heterocycles. The molecule has 0 amide bonds. The second-order valence-electron chi connectivity index (χ2n) is 3.85. The van der Waals surface area contributed by atoms with Gasteiger partial charge in [0.25, 0.3) is 0 Å². The van der Waals surface area contributed by atoms with Gasteiger partial charge < -0.3 is 15.8 Å². The minimum absolute atomic E-state index is 0.301. The number of nitrogens with two attached hydrogens (primary N) is 1. The van der Waals surface area contributed by atoms with E-state index < -0.39 is 0 Å². The van der Waals surface area contributed by atoms with Gasteiger partial charge in [-0.3, -0.25) is 0 Å². The molecule has 3 N–H and O–H groups in total. The monoisotopic (exact) mass is 226 g/mol. The molecular formula is C11H18N2OS. The molecule has 0 aromatic carbocycles. The number of rotatable bonds is 5. The molecule has 2 rings (SSSR count). The van der Waals surface area contributed by atoms with Crippen molar-refractivity contribution in [2.24, 2.45) is 5.73 Å². The molecule has 1 fully saturated rings. The Kier molecular flexibility index (Phi) is 4.14. The van der Waals surface area contributed by atoms with Crippen LogP contribution in [0.15, 0.2) is 17.5 Å². The van der Waals surface area contributed by atoms with Crippen molar-refractivity contribution in [3.63, 3.8) is 0 Å². The van der Waals surface area contributed by atoms with Crippen LogP contribution in [0, 0.1) is 0 Å². The maximum absolute atomic E-state index is 5.75. The lowest BCUT2D eigenvalue weighted by Gasteiger charge is -2.22. The summed E-state index contributed by atoms with van der Waals surface area (Å²) in [6.45, 7) is 2.44. The van der Waals surface area contributed by atoms with Crippen LogP contribution < -0.4 is 11.1 Å². The quantitative estimate of drug-likeness (QED) is 0.796. The topological polar surface area (TPSA) is 47.3 Å². The highest BCUT2D eigenvalue weighted by molar-refractivity contribution is 7.09. The van der Waals surface area contributed by atoms with Crippen molar-refractivity contribution in [1.29, 1.82) is 0 Å². The zero-order valence-corrected chi connectivity index (χ0v) is 9.63. The molecule has 2 unspecified atom stereocenters. The first-order valence-electron chi connectivity index (χ1n) is 5.47. The fourth-order valence-electron chi connectivity index (χ4n) is 1.93. The molecule has 2 atom stereocenters. The van der Waals surface area contributed by atoms with E-state index in [1.54, 1.807) is 11.3 Å². The third-order valence-electron chi connectivity index (χ3n) is 2.79. The van der Waals surface area contributed by atoms with Crippen molar-refractivity contribution < 1.29 is 4.74 Å². The van der Waals surface area contributed by atoms with E-state index in [1.165, 1.54) is 11.3 Å². The van der Waals surface area contributed by atoms with Crippen molar-refractivity contribution in [1.82, 2.24) is 5.32 Å². The van der Waals surface area contributed by atoms with Gasteiger partial charge in [-0.1, -0.05) is 6.07 Å². The standard InChI is InChI=1S/C11H18N2OS/c12-7-10(11-4-1-5-14-11)13-8-9-3-2-6-15-9/h2-3,6,10-11,13H,1,4-5,7-8,12H2. The smallest absolute Gasteiger partial charge is 0.0741 e. The van der Waals surface area contributed by atoms with Gasteiger partial charge in [0.2, 0.25) is 0 Å². The first kappa shape index (κ1) is 11.1. The van der Waals surface area contributed by atoms with Gasteiger partial charge in [-0.15, -0.1) is 11.3 Å². The van der Waals surface area contributed by atoms with Crippen molar-refractivity contribution >= 4 is 11.3 Å². The van der Waals surface area contributed by atoms with Gasteiger partial charge in [-0.05, 0) is 24.3 Å². The lowest BCUT2D eigenvalue weighted by molar-refractivity contribution is 0.0803. The van der Waals surface area contributed by atoms with Crippen molar-refractivity contribution in [3.8, 4) is 0 Å². The van der Waals surface area contributed by atoms with Gasteiger partial charge in [0, 0.05) is 30.6 Å². The molecule has 0 spiro atoms. The number of nitrogens with one attached hydrogen (secondary N) is 1. The third-order valence-corrected chi connectivity index (χ3v) is 3.66. The summed E-state index contributed by atoms with van der Waals surface area (Å²) in [7, 11) is 0. The summed E-state index contributed by atoms with van der Waals surface area (Å²) < 4.78 is 5.64. The van der Waals surface area contributed by atoms with Gasteiger partial charge in [-0.2, -0.15) is 0 Å². The second kappa shape index (κ2) is 5.61. The van der Waals surface area contributed by atoms with Crippen LogP contribution in [0.5, 0.6) is 0 Å². The van der Waals surface area contributed by atoms with Gasteiger partial charge in [0.15, 0.2) is 0 Å². The highest BCUT2D eigenvalue weighted by atomic mass is 32.1. The van der Waals surface area contributed by atoms with Crippen LogP contribution in [0.3, 0.4) is 0 Å². The molecule has 0 saturated carbocycles. The Morgan fingerprint density at radius 3 is 3.20 bits per heavy atom. The molecule has 4 heteroatoms. The predicted molar refractivity (Wildman–Crippen MR) is 63.0 cm³/mol. The van der Waals surface area contributed by atoms with Gasteiger partial charge in [0.05, 0.1) is 6.10 Å². The summed E-state index contributed by atoms with van der Waals surface area (Å²) in [5, 5.41) is 5.57. The van der Waals surface area contributed by atoms with Crippen LogP contribution in [0.1, 0.15) is 17.7 Å². The first-order valence-corrected chi connectivity index (χ1v) is 6.35. The van der Waals surface area contributed by atoms with E-state index in [0.29, 0.717) is 18.7 Å². The molecular weight excluding hydrogens is 208 g/mol. The Morgan fingerprint density at radius 1 is 1.67 bits per heavy atom. The van der Waals surface area contributed by atoms with Crippen LogP contribution in [-0.2, 0) is 11.3 Å². The molecule has 1 aliphatic rings. The molecule has 0 radical (unpaired) electrons. The average Bonchev–Trinajstić information content (AvgIpc) is 2.90. The minimum Gasteiger partial charge on any atom is -0.377 e. The van der Waals surface area contributed by atoms with Crippen molar-refractivity contribution in [2.45, 2.75) is 31.5 Å². The molecule has 2 heterocycles. The van der Waals surface area contributed by atoms with E-state index in [2.05, 4.69) is 22.8 Å². The first-order chi connectivity index (χ1) is 7.40. The summed E-state index contributed by atoms with van der Waals surface area (Å²) in [6.07, 6.45) is 2.62. The molecule has 15 heavy (non-hydrogen) atoms. The zero-order chi connectivity index (χ0) is 10.5. The van der Waals surface area contributed by atoms with Crippen LogP contribution >= 0.6 is 11.3 Å².